The first kappa shape index (κ1) is 25.8. The largest absolute Gasteiger partial charge is 0.490 e. The van der Waals surface area contributed by atoms with Gasteiger partial charge in [0.25, 0.3) is 5.91 Å². The molecule has 0 aliphatic heterocycles. The van der Waals surface area contributed by atoms with Crippen LogP contribution in [0.3, 0.4) is 0 Å². The average Bonchev–Trinajstić information content (AvgIpc) is 2.81. The molecule has 34 heavy (non-hydrogen) atoms. The number of halogens is 2. The molecule has 0 aliphatic rings. The highest BCUT2D eigenvalue weighted by Gasteiger charge is 2.15. The first-order chi connectivity index (χ1) is 16.3. The van der Waals surface area contributed by atoms with Crippen molar-refractivity contribution in [2.45, 2.75) is 27.4 Å². The number of benzene rings is 3. The third-order valence-electron chi connectivity index (χ3n) is 4.98. The van der Waals surface area contributed by atoms with Gasteiger partial charge in [-0.25, -0.2) is 0 Å². The summed E-state index contributed by atoms with van der Waals surface area (Å²) in [6.45, 7) is 6.58. The van der Waals surface area contributed by atoms with Gasteiger partial charge in [0, 0.05) is 13.7 Å². The molecule has 1 N–H and O–H groups in total. The van der Waals surface area contributed by atoms with Crippen molar-refractivity contribution in [3.8, 4) is 17.6 Å². The zero-order valence-corrected chi connectivity index (χ0v) is 22.9. The highest BCUT2D eigenvalue weighted by Crippen LogP contribution is 2.35. The van der Waals surface area contributed by atoms with Gasteiger partial charge in [0.1, 0.15) is 18.2 Å². The Labute approximate surface area is 222 Å². The quantitative estimate of drug-likeness (QED) is 0.162. The van der Waals surface area contributed by atoms with Crippen molar-refractivity contribution in [1.82, 2.24) is 0 Å². The summed E-state index contributed by atoms with van der Waals surface area (Å²) in [6, 6.07) is 19.4. The molecule has 3 aromatic carbocycles. The van der Waals surface area contributed by atoms with Crippen LogP contribution in [-0.4, -0.2) is 12.5 Å². The number of anilines is 1. The number of nitrogens with one attached hydrogen (secondary N) is 1. The molecule has 0 aromatic heterocycles. The molecule has 0 radical (unpaired) electrons. The summed E-state index contributed by atoms with van der Waals surface area (Å²) in [5, 5.41) is 12.5. The Morgan fingerprint density at radius 3 is 2.47 bits per heavy atom. The van der Waals surface area contributed by atoms with Gasteiger partial charge < -0.3 is 14.8 Å². The molecule has 0 heterocycles. The average molecular weight is 631 g/mol. The molecule has 0 spiro atoms. The van der Waals surface area contributed by atoms with Crippen molar-refractivity contribution < 1.29 is 14.3 Å². The number of ether oxygens (including phenoxy) is 2. The van der Waals surface area contributed by atoms with E-state index in [9.17, 15) is 10.1 Å². The van der Waals surface area contributed by atoms with Crippen LogP contribution in [0, 0.1) is 28.7 Å². The smallest absolute Gasteiger partial charge is 0.266 e. The maximum absolute atomic E-state index is 12.8. The van der Waals surface area contributed by atoms with Crippen molar-refractivity contribution in [2.24, 2.45) is 0 Å². The fourth-order valence-electron chi connectivity index (χ4n) is 3.15. The Bertz CT molecular complexity index is 1260. The lowest BCUT2D eigenvalue weighted by atomic mass is 10.1. The molecular formula is C27H24BrIN2O3. The summed E-state index contributed by atoms with van der Waals surface area (Å²) < 4.78 is 13.6. The van der Waals surface area contributed by atoms with E-state index in [4.69, 9.17) is 9.47 Å². The number of amides is 1. The van der Waals surface area contributed by atoms with Crippen LogP contribution in [0.4, 0.5) is 5.69 Å². The van der Waals surface area contributed by atoms with Crippen LogP contribution in [0.5, 0.6) is 11.5 Å². The normalized spacial score (nSPS) is 11.0. The zero-order valence-electron chi connectivity index (χ0n) is 19.1. The Hall–Kier alpha value is -2.83. The van der Waals surface area contributed by atoms with E-state index in [0.29, 0.717) is 40.4 Å². The molecule has 3 rings (SSSR count). The van der Waals surface area contributed by atoms with E-state index < -0.39 is 5.91 Å². The maximum Gasteiger partial charge on any atom is 0.266 e. The van der Waals surface area contributed by atoms with Crippen LogP contribution in [-0.2, 0) is 11.4 Å². The molecule has 1 amide bonds. The summed E-state index contributed by atoms with van der Waals surface area (Å²) in [5.41, 5.74) is 4.28. The monoisotopic (exact) mass is 630 g/mol. The summed E-state index contributed by atoms with van der Waals surface area (Å²) in [7, 11) is 0. The van der Waals surface area contributed by atoms with E-state index in [-0.39, 0.29) is 5.57 Å². The summed E-state index contributed by atoms with van der Waals surface area (Å²) >= 11 is 5.80. The second-order valence-corrected chi connectivity index (χ2v) is 9.71. The maximum atomic E-state index is 12.8. The zero-order chi connectivity index (χ0) is 24.7. The van der Waals surface area contributed by atoms with Gasteiger partial charge in [0.05, 0.1) is 6.61 Å². The van der Waals surface area contributed by atoms with Crippen LogP contribution >= 0.6 is 38.5 Å². The lowest BCUT2D eigenvalue weighted by Crippen LogP contribution is -2.14. The van der Waals surface area contributed by atoms with Crippen molar-refractivity contribution >= 4 is 56.2 Å². The summed E-state index contributed by atoms with van der Waals surface area (Å²) in [6.07, 6.45) is 1.54. The minimum absolute atomic E-state index is 0.0170. The molecule has 0 aliphatic carbocycles. The highest BCUT2D eigenvalue weighted by atomic mass is 127. The molecular weight excluding hydrogens is 607 g/mol. The number of rotatable bonds is 8. The van der Waals surface area contributed by atoms with Gasteiger partial charge >= 0.3 is 0 Å². The molecule has 0 unspecified atom stereocenters. The molecule has 174 valence electrons. The van der Waals surface area contributed by atoms with Crippen LogP contribution in [0.2, 0.25) is 0 Å². The first-order valence-electron chi connectivity index (χ1n) is 10.6. The summed E-state index contributed by atoms with van der Waals surface area (Å²) in [4.78, 5) is 12.8. The second-order valence-electron chi connectivity index (χ2n) is 7.61. The fourth-order valence-corrected chi connectivity index (χ4v) is 3.94. The fraction of sp³-hybridized carbons (Fsp3) is 0.185. The minimum atomic E-state index is -0.472. The topological polar surface area (TPSA) is 71.3 Å². The Balaban J connectivity index is 1.86. The van der Waals surface area contributed by atoms with Crippen molar-refractivity contribution in [2.75, 3.05) is 11.9 Å². The molecule has 0 bridgehead atoms. The van der Waals surface area contributed by atoms with Crippen LogP contribution < -0.4 is 14.8 Å². The molecule has 0 saturated heterocycles. The van der Waals surface area contributed by atoms with Gasteiger partial charge in [0.15, 0.2) is 11.5 Å². The number of aryl methyl sites for hydroxylation is 2. The van der Waals surface area contributed by atoms with E-state index in [0.717, 1.165) is 20.3 Å². The van der Waals surface area contributed by atoms with Crippen molar-refractivity contribution in [1.29, 1.82) is 5.26 Å². The number of nitrogens with zero attached hydrogens (tertiary/aromatic N) is 1. The van der Waals surface area contributed by atoms with E-state index in [2.05, 4.69) is 43.8 Å². The van der Waals surface area contributed by atoms with Gasteiger partial charge in [-0.1, -0.05) is 40.2 Å². The van der Waals surface area contributed by atoms with Gasteiger partial charge in [-0.3, -0.25) is 4.79 Å². The second kappa shape index (κ2) is 12.0. The standard InChI is InChI=1S/C27H24BrIN2O3/c1-4-33-25-13-20(23(28)14-26(25)34-16-19-7-9-22(29)10-8-19)12-21(15-30)27(32)31-24-11-17(2)5-6-18(24)3/h5-14H,4,16H2,1-3H3,(H,31,32)/b21-12+. The predicted molar refractivity (Wildman–Crippen MR) is 147 cm³/mol. The lowest BCUT2D eigenvalue weighted by molar-refractivity contribution is -0.112. The number of nitriles is 1. The van der Waals surface area contributed by atoms with Crippen molar-refractivity contribution in [3.05, 3.63) is 90.5 Å². The number of hydrogen-bond donors (Lipinski definition) is 1. The lowest BCUT2D eigenvalue weighted by Gasteiger charge is -2.14. The van der Waals surface area contributed by atoms with Gasteiger partial charge in [-0.15, -0.1) is 0 Å². The minimum Gasteiger partial charge on any atom is -0.490 e. The van der Waals surface area contributed by atoms with E-state index in [1.165, 1.54) is 6.08 Å². The highest BCUT2D eigenvalue weighted by molar-refractivity contribution is 14.1. The Morgan fingerprint density at radius 1 is 1.09 bits per heavy atom. The van der Waals surface area contributed by atoms with Crippen LogP contribution in [0.25, 0.3) is 6.08 Å². The third kappa shape index (κ3) is 6.84. The Kier molecular flexibility index (Phi) is 9.13. The Morgan fingerprint density at radius 2 is 1.79 bits per heavy atom. The number of carbonyl (C=O) groups excluding carboxylic acids is 1. The summed E-state index contributed by atoms with van der Waals surface area (Å²) in [5.74, 6) is 0.637. The van der Waals surface area contributed by atoms with Crippen LogP contribution in [0.15, 0.2) is 64.6 Å². The molecule has 0 fully saturated rings. The van der Waals surface area contributed by atoms with Gasteiger partial charge in [-0.05, 0) is 102 Å². The van der Waals surface area contributed by atoms with Gasteiger partial charge in [-0.2, -0.15) is 5.26 Å². The molecule has 0 atom stereocenters. The third-order valence-corrected chi connectivity index (χ3v) is 6.38. The molecule has 5 nitrogen and oxygen atoms in total. The predicted octanol–water partition coefficient (Wildman–Crippen LogP) is 7.19. The SMILES string of the molecule is CCOc1cc(/C=C(\C#N)C(=O)Nc2cc(C)ccc2C)c(Br)cc1OCc1ccc(I)cc1. The van der Waals surface area contributed by atoms with E-state index in [1.807, 2.05) is 69.3 Å². The number of carbonyl (C=O) groups is 1. The van der Waals surface area contributed by atoms with E-state index >= 15 is 0 Å². The van der Waals surface area contributed by atoms with Crippen molar-refractivity contribution in [3.63, 3.8) is 0 Å². The number of hydrogen-bond acceptors (Lipinski definition) is 4. The van der Waals surface area contributed by atoms with Crippen LogP contribution in [0.1, 0.15) is 29.2 Å². The van der Waals surface area contributed by atoms with E-state index in [1.54, 1.807) is 12.1 Å². The first-order valence-corrected chi connectivity index (χ1v) is 12.5. The molecule has 0 saturated carbocycles. The molecule has 3 aromatic rings. The van der Waals surface area contributed by atoms with Gasteiger partial charge in [0.2, 0.25) is 0 Å². The molecule has 7 heteroatoms.